The molecule has 0 aliphatic heterocycles. The van der Waals surface area contributed by atoms with Crippen molar-refractivity contribution in [2.24, 2.45) is 0 Å². The number of nitrogens with zero attached hydrogens (tertiary/aromatic N) is 3. The molecule has 140 valence electrons. The van der Waals surface area contributed by atoms with Gasteiger partial charge in [0.15, 0.2) is 0 Å². The van der Waals surface area contributed by atoms with E-state index in [1.54, 1.807) is 12.5 Å². The van der Waals surface area contributed by atoms with Gasteiger partial charge < -0.3 is 5.11 Å². The van der Waals surface area contributed by atoms with Crippen LogP contribution in [0, 0.1) is 0 Å². The number of unbranched alkanes of at least 4 members (excludes halogenated alkanes) is 9. The monoisotopic (exact) mass is 360 g/mol. The van der Waals surface area contributed by atoms with Crippen LogP contribution in [0.3, 0.4) is 0 Å². The van der Waals surface area contributed by atoms with Gasteiger partial charge in [-0.2, -0.15) is 12.7 Å². The molecule has 0 amide bonds. The fourth-order valence-corrected chi connectivity index (χ4v) is 3.48. The van der Waals surface area contributed by atoms with Crippen LogP contribution in [0.1, 0.15) is 64.2 Å². The summed E-state index contributed by atoms with van der Waals surface area (Å²) in [4.78, 5) is 0. The zero-order valence-corrected chi connectivity index (χ0v) is 16.0. The second kappa shape index (κ2) is 11.6. The molecule has 0 bridgehead atoms. The minimum Gasteiger partial charge on any atom is -0.396 e. The number of rotatable bonds is 14. The molecule has 1 rings (SSSR count). The molecule has 7 heteroatoms. The van der Waals surface area contributed by atoms with Gasteiger partial charge in [0.25, 0.3) is 6.33 Å². The van der Waals surface area contributed by atoms with Gasteiger partial charge in [-0.15, -0.1) is 3.97 Å². The Labute approximate surface area is 147 Å². The average molecular weight is 361 g/mol. The van der Waals surface area contributed by atoms with Gasteiger partial charge in [0, 0.05) is 20.7 Å². The summed E-state index contributed by atoms with van der Waals surface area (Å²) in [6, 6.07) is 0. The molecule has 0 saturated carbocycles. The first-order valence-electron chi connectivity index (χ1n) is 9.09. The van der Waals surface area contributed by atoms with Crippen LogP contribution in [-0.2, 0) is 16.8 Å². The number of hydrogen-bond acceptors (Lipinski definition) is 3. The van der Waals surface area contributed by atoms with Crippen molar-refractivity contribution >= 4 is 10.2 Å². The predicted molar refractivity (Wildman–Crippen MR) is 95.9 cm³/mol. The van der Waals surface area contributed by atoms with Crippen molar-refractivity contribution in [2.75, 3.05) is 20.7 Å². The third kappa shape index (κ3) is 7.77. The molecular weight excluding hydrogens is 326 g/mol. The Kier molecular flexibility index (Phi) is 10.2. The van der Waals surface area contributed by atoms with Crippen LogP contribution < -0.4 is 4.57 Å². The van der Waals surface area contributed by atoms with Crippen LogP contribution in [0.5, 0.6) is 0 Å². The number of aromatic nitrogens is 2. The smallest absolute Gasteiger partial charge is 0.379 e. The van der Waals surface area contributed by atoms with Gasteiger partial charge in [-0.1, -0.05) is 44.9 Å². The summed E-state index contributed by atoms with van der Waals surface area (Å²) in [6.45, 7) is 1.18. The molecular formula is C17H34N3O3S+. The molecule has 0 atom stereocenters. The van der Waals surface area contributed by atoms with E-state index in [0.717, 1.165) is 25.8 Å². The van der Waals surface area contributed by atoms with Crippen LogP contribution in [0.25, 0.3) is 0 Å². The fraction of sp³-hybridized carbons (Fsp3) is 0.824. The van der Waals surface area contributed by atoms with Gasteiger partial charge >= 0.3 is 10.2 Å². The predicted octanol–water partition coefficient (Wildman–Crippen LogP) is 2.32. The molecule has 1 aromatic rings. The molecule has 24 heavy (non-hydrogen) atoms. The Bertz CT molecular complexity index is 541. The van der Waals surface area contributed by atoms with Crippen molar-refractivity contribution in [2.45, 2.75) is 70.8 Å². The molecule has 0 unspecified atom stereocenters. The lowest BCUT2D eigenvalue weighted by molar-refractivity contribution is -0.696. The summed E-state index contributed by atoms with van der Waals surface area (Å²) in [5.41, 5.74) is 0. The SMILES string of the molecule is CN(C)S(=O)(=O)n1cc[n+](CCCCCCCCCCCCO)c1. The number of aryl methyl sites for hydroxylation is 1. The number of aliphatic hydroxyl groups excluding tert-OH is 1. The Balaban J connectivity index is 2.07. The molecule has 0 spiro atoms. The quantitative estimate of drug-likeness (QED) is 0.409. The molecule has 6 nitrogen and oxygen atoms in total. The van der Waals surface area contributed by atoms with Gasteiger partial charge in [-0.05, 0) is 19.3 Å². The van der Waals surface area contributed by atoms with Gasteiger partial charge in [0.2, 0.25) is 0 Å². The maximum atomic E-state index is 12.0. The molecule has 1 aromatic heterocycles. The minimum absolute atomic E-state index is 0.322. The van der Waals surface area contributed by atoms with E-state index >= 15 is 0 Å². The summed E-state index contributed by atoms with van der Waals surface area (Å²) < 4.78 is 28.3. The normalized spacial score (nSPS) is 12.2. The highest BCUT2D eigenvalue weighted by Crippen LogP contribution is 2.10. The van der Waals surface area contributed by atoms with Crippen LogP contribution in [0.2, 0.25) is 0 Å². The van der Waals surface area contributed by atoms with Gasteiger partial charge in [-0.3, -0.25) is 0 Å². The van der Waals surface area contributed by atoms with Crippen molar-refractivity contribution in [3.05, 3.63) is 18.7 Å². The first kappa shape index (κ1) is 21.1. The largest absolute Gasteiger partial charge is 0.396 e. The highest BCUT2D eigenvalue weighted by Gasteiger charge is 2.22. The first-order chi connectivity index (χ1) is 11.5. The van der Waals surface area contributed by atoms with Crippen molar-refractivity contribution < 1.29 is 18.1 Å². The Morgan fingerprint density at radius 2 is 1.42 bits per heavy atom. The van der Waals surface area contributed by atoms with E-state index in [9.17, 15) is 8.42 Å². The molecule has 1 heterocycles. The van der Waals surface area contributed by atoms with E-state index in [4.69, 9.17) is 5.11 Å². The second-order valence-electron chi connectivity index (χ2n) is 6.53. The van der Waals surface area contributed by atoms with Crippen LogP contribution in [-0.4, -0.2) is 42.5 Å². The van der Waals surface area contributed by atoms with Crippen molar-refractivity contribution in [1.82, 2.24) is 8.28 Å². The molecule has 1 N–H and O–H groups in total. The van der Waals surface area contributed by atoms with E-state index < -0.39 is 10.2 Å². The molecule has 0 radical (unpaired) electrons. The average Bonchev–Trinajstić information content (AvgIpc) is 3.02. The first-order valence-corrected chi connectivity index (χ1v) is 10.5. The Morgan fingerprint density at radius 1 is 0.917 bits per heavy atom. The number of imidazole rings is 1. The highest BCUT2D eigenvalue weighted by molar-refractivity contribution is 7.87. The highest BCUT2D eigenvalue weighted by atomic mass is 32.2. The van der Waals surface area contributed by atoms with Gasteiger partial charge in [-0.25, -0.2) is 4.57 Å². The minimum atomic E-state index is -3.39. The fourth-order valence-electron chi connectivity index (χ4n) is 2.65. The van der Waals surface area contributed by atoms with E-state index in [0.29, 0.717) is 6.61 Å². The standard InChI is InChI=1S/C17H34N3O3S/c1-18(2)24(22,23)20-15-14-19(17-20)13-11-9-7-5-3-4-6-8-10-12-16-21/h14-15,17,21H,3-13,16H2,1-2H3/q+1. The summed E-state index contributed by atoms with van der Waals surface area (Å²) >= 11 is 0. The van der Waals surface area contributed by atoms with Crippen molar-refractivity contribution in [3.8, 4) is 0 Å². The second-order valence-corrected chi connectivity index (χ2v) is 8.58. The van der Waals surface area contributed by atoms with Gasteiger partial charge in [0.05, 0.1) is 6.54 Å². The summed E-state index contributed by atoms with van der Waals surface area (Å²) in [6.07, 6.45) is 17.0. The Hall–Kier alpha value is -0.920. The third-order valence-corrected chi connectivity index (χ3v) is 5.89. The molecule has 0 saturated heterocycles. The van der Waals surface area contributed by atoms with Crippen molar-refractivity contribution in [3.63, 3.8) is 0 Å². The number of aliphatic hydroxyl groups is 1. The number of hydrogen-bond donors (Lipinski definition) is 1. The Morgan fingerprint density at radius 3 is 1.92 bits per heavy atom. The van der Waals surface area contributed by atoms with Crippen molar-refractivity contribution in [1.29, 1.82) is 0 Å². The maximum Gasteiger partial charge on any atom is 0.379 e. The topological polar surface area (TPSA) is 66.4 Å². The van der Waals surface area contributed by atoms with E-state index in [-0.39, 0.29) is 0 Å². The van der Waals surface area contributed by atoms with Crippen LogP contribution in [0.4, 0.5) is 0 Å². The molecule has 0 aliphatic carbocycles. The molecule has 0 fully saturated rings. The van der Waals surface area contributed by atoms with E-state index in [2.05, 4.69) is 0 Å². The van der Waals surface area contributed by atoms with E-state index in [1.807, 2.05) is 10.8 Å². The summed E-state index contributed by atoms with van der Waals surface area (Å²) in [5.74, 6) is 0. The lowest BCUT2D eigenvalue weighted by Gasteiger charge is -2.05. The lowest BCUT2D eigenvalue weighted by atomic mass is 10.1. The van der Waals surface area contributed by atoms with E-state index in [1.165, 1.54) is 67.3 Å². The van der Waals surface area contributed by atoms with Crippen LogP contribution >= 0.6 is 0 Å². The maximum absolute atomic E-state index is 12.0. The summed E-state index contributed by atoms with van der Waals surface area (Å²) in [7, 11) is -0.327. The summed E-state index contributed by atoms with van der Waals surface area (Å²) in [5, 5.41) is 8.70. The molecule has 0 aliphatic rings. The van der Waals surface area contributed by atoms with Crippen LogP contribution in [0.15, 0.2) is 18.7 Å². The third-order valence-electron chi connectivity index (χ3n) is 4.22. The van der Waals surface area contributed by atoms with Gasteiger partial charge in [0.1, 0.15) is 12.4 Å². The molecule has 0 aromatic carbocycles. The zero-order valence-electron chi connectivity index (χ0n) is 15.2. The zero-order chi connectivity index (χ0) is 17.8. The lowest BCUT2D eigenvalue weighted by Crippen LogP contribution is -2.33.